The Morgan fingerprint density at radius 3 is 2.44 bits per heavy atom. The first-order valence-electron chi connectivity index (χ1n) is 5.24. The number of hydrogen-bond donors (Lipinski definition) is 0. The van der Waals surface area contributed by atoms with Crippen molar-refractivity contribution in [1.29, 1.82) is 0 Å². The molecule has 0 aromatic carbocycles. The SMILES string of the molecule is Cc1nn(C)c(Cl)c1CN(C)C(C)(C)CBr. The van der Waals surface area contributed by atoms with Crippen LogP contribution in [0.4, 0.5) is 0 Å². The van der Waals surface area contributed by atoms with E-state index in [4.69, 9.17) is 11.6 Å². The molecule has 92 valence electrons. The Morgan fingerprint density at radius 1 is 1.50 bits per heavy atom. The Morgan fingerprint density at radius 2 is 2.06 bits per heavy atom. The topological polar surface area (TPSA) is 21.1 Å². The van der Waals surface area contributed by atoms with Gasteiger partial charge < -0.3 is 0 Å². The van der Waals surface area contributed by atoms with Crippen LogP contribution in [0.1, 0.15) is 25.1 Å². The molecule has 0 bridgehead atoms. The monoisotopic (exact) mass is 307 g/mol. The van der Waals surface area contributed by atoms with E-state index in [9.17, 15) is 0 Å². The van der Waals surface area contributed by atoms with Crippen LogP contribution in [0.25, 0.3) is 0 Å². The molecule has 0 saturated heterocycles. The Balaban J connectivity index is 2.89. The average molecular weight is 309 g/mol. The van der Waals surface area contributed by atoms with Crippen molar-refractivity contribution in [3.8, 4) is 0 Å². The number of aryl methyl sites for hydroxylation is 2. The highest BCUT2D eigenvalue weighted by Crippen LogP contribution is 2.24. The summed E-state index contributed by atoms with van der Waals surface area (Å²) in [6.45, 7) is 7.20. The summed E-state index contributed by atoms with van der Waals surface area (Å²) >= 11 is 9.75. The first-order valence-corrected chi connectivity index (χ1v) is 6.74. The van der Waals surface area contributed by atoms with E-state index in [1.54, 1.807) is 4.68 Å². The van der Waals surface area contributed by atoms with Gasteiger partial charge in [0.15, 0.2) is 0 Å². The smallest absolute Gasteiger partial charge is 0.131 e. The zero-order valence-corrected chi connectivity index (χ0v) is 12.9. The van der Waals surface area contributed by atoms with E-state index >= 15 is 0 Å². The molecule has 0 spiro atoms. The number of rotatable bonds is 4. The summed E-state index contributed by atoms with van der Waals surface area (Å²) in [5, 5.41) is 5.97. The predicted octanol–water partition coefficient (Wildman–Crippen LogP) is 2.99. The van der Waals surface area contributed by atoms with Gasteiger partial charge in [0.2, 0.25) is 0 Å². The lowest BCUT2D eigenvalue weighted by atomic mass is 10.1. The maximum atomic E-state index is 6.21. The van der Waals surface area contributed by atoms with Crippen LogP contribution in [-0.4, -0.2) is 32.6 Å². The van der Waals surface area contributed by atoms with Crippen molar-refractivity contribution in [3.63, 3.8) is 0 Å². The summed E-state index contributed by atoms with van der Waals surface area (Å²) in [6.07, 6.45) is 0. The van der Waals surface area contributed by atoms with Crippen LogP contribution >= 0.6 is 27.5 Å². The van der Waals surface area contributed by atoms with Crippen molar-refractivity contribution in [1.82, 2.24) is 14.7 Å². The average Bonchev–Trinajstić information content (AvgIpc) is 2.45. The van der Waals surface area contributed by atoms with E-state index in [0.717, 1.165) is 28.3 Å². The Hall–Kier alpha value is -0.0600. The van der Waals surface area contributed by atoms with Gasteiger partial charge in [0.25, 0.3) is 0 Å². The number of nitrogens with zero attached hydrogens (tertiary/aromatic N) is 3. The molecular weight excluding hydrogens is 289 g/mol. The van der Waals surface area contributed by atoms with Gasteiger partial charge in [0, 0.05) is 30.0 Å². The molecule has 1 aromatic heterocycles. The Bertz CT molecular complexity index is 374. The minimum absolute atomic E-state index is 0.103. The normalized spacial score (nSPS) is 12.5. The molecule has 0 N–H and O–H groups in total. The maximum absolute atomic E-state index is 6.21. The summed E-state index contributed by atoms with van der Waals surface area (Å²) in [6, 6.07) is 0. The molecule has 0 saturated carbocycles. The fraction of sp³-hybridized carbons (Fsp3) is 0.727. The van der Waals surface area contributed by atoms with E-state index < -0.39 is 0 Å². The number of hydrogen-bond acceptors (Lipinski definition) is 2. The third-order valence-electron chi connectivity index (χ3n) is 3.03. The van der Waals surface area contributed by atoms with Crippen LogP contribution in [0, 0.1) is 6.92 Å². The van der Waals surface area contributed by atoms with Crippen LogP contribution in [-0.2, 0) is 13.6 Å². The number of aromatic nitrogens is 2. The lowest BCUT2D eigenvalue weighted by Crippen LogP contribution is -2.42. The molecule has 16 heavy (non-hydrogen) atoms. The molecule has 0 aliphatic carbocycles. The second-order valence-corrected chi connectivity index (χ2v) is 5.70. The fourth-order valence-electron chi connectivity index (χ4n) is 1.41. The highest BCUT2D eigenvalue weighted by atomic mass is 79.9. The van der Waals surface area contributed by atoms with Crippen molar-refractivity contribution >= 4 is 27.5 Å². The third-order valence-corrected chi connectivity index (χ3v) is 4.87. The van der Waals surface area contributed by atoms with Crippen LogP contribution < -0.4 is 0 Å². The first kappa shape index (κ1) is 14.0. The minimum Gasteiger partial charge on any atom is -0.296 e. The van der Waals surface area contributed by atoms with Gasteiger partial charge in [-0.1, -0.05) is 27.5 Å². The van der Waals surface area contributed by atoms with Gasteiger partial charge in [-0.3, -0.25) is 9.58 Å². The second-order valence-electron chi connectivity index (χ2n) is 4.78. The summed E-state index contributed by atoms with van der Waals surface area (Å²) in [5.41, 5.74) is 2.22. The highest BCUT2D eigenvalue weighted by Gasteiger charge is 2.24. The summed E-state index contributed by atoms with van der Waals surface area (Å²) < 4.78 is 1.72. The molecule has 1 aromatic rings. The predicted molar refractivity (Wildman–Crippen MR) is 72.3 cm³/mol. The maximum Gasteiger partial charge on any atom is 0.131 e. The van der Waals surface area contributed by atoms with Crippen LogP contribution in [0.2, 0.25) is 5.15 Å². The molecular formula is C11H19BrClN3. The molecule has 5 heteroatoms. The van der Waals surface area contributed by atoms with Gasteiger partial charge in [-0.25, -0.2) is 0 Å². The largest absolute Gasteiger partial charge is 0.296 e. The molecule has 0 aliphatic heterocycles. The lowest BCUT2D eigenvalue weighted by molar-refractivity contribution is 0.173. The molecule has 0 atom stereocenters. The minimum atomic E-state index is 0.103. The van der Waals surface area contributed by atoms with E-state index in [2.05, 4.69) is 46.8 Å². The van der Waals surface area contributed by atoms with Gasteiger partial charge in [0.1, 0.15) is 5.15 Å². The van der Waals surface area contributed by atoms with E-state index in [0.29, 0.717) is 0 Å². The van der Waals surface area contributed by atoms with Crippen molar-refractivity contribution in [2.75, 3.05) is 12.4 Å². The van der Waals surface area contributed by atoms with Gasteiger partial charge >= 0.3 is 0 Å². The van der Waals surface area contributed by atoms with Crippen LogP contribution in [0.5, 0.6) is 0 Å². The first-order chi connectivity index (χ1) is 7.29. The quantitative estimate of drug-likeness (QED) is 0.797. The second kappa shape index (κ2) is 5.07. The Labute approximate surface area is 111 Å². The third kappa shape index (κ3) is 2.79. The van der Waals surface area contributed by atoms with E-state index in [1.165, 1.54) is 0 Å². The van der Waals surface area contributed by atoms with E-state index in [-0.39, 0.29) is 5.54 Å². The van der Waals surface area contributed by atoms with E-state index in [1.807, 2.05) is 14.0 Å². The molecule has 1 rings (SSSR count). The lowest BCUT2D eigenvalue weighted by Gasteiger charge is -2.34. The van der Waals surface area contributed by atoms with Crippen molar-refractivity contribution < 1.29 is 0 Å². The van der Waals surface area contributed by atoms with Gasteiger partial charge in [-0.2, -0.15) is 5.10 Å². The molecule has 0 amide bonds. The number of alkyl halides is 1. The summed E-state index contributed by atoms with van der Waals surface area (Å²) in [4.78, 5) is 2.28. The number of halogens is 2. The zero-order chi connectivity index (χ0) is 12.5. The molecule has 1 heterocycles. The standard InChI is InChI=1S/C11H19BrClN3/c1-8-9(10(13)16(5)14-8)6-15(4)11(2,3)7-12/h6-7H2,1-5H3. The van der Waals surface area contributed by atoms with Gasteiger partial charge in [-0.15, -0.1) is 0 Å². The van der Waals surface area contributed by atoms with Crippen molar-refractivity contribution in [3.05, 3.63) is 16.4 Å². The summed E-state index contributed by atoms with van der Waals surface area (Å²) in [7, 11) is 3.97. The van der Waals surface area contributed by atoms with Crippen LogP contribution in [0.15, 0.2) is 0 Å². The summed E-state index contributed by atoms with van der Waals surface area (Å²) in [5.74, 6) is 0. The Kier molecular flexibility index (Phi) is 4.43. The molecule has 3 nitrogen and oxygen atoms in total. The molecule has 0 unspecified atom stereocenters. The van der Waals surface area contributed by atoms with Gasteiger partial charge in [-0.05, 0) is 27.8 Å². The molecule has 0 aliphatic rings. The van der Waals surface area contributed by atoms with Crippen LogP contribution in [0.3, 0.4) is 0 Å². The molecule has 0 radical (unpaired) electrons. The van der Waals surface area contributed by atoms with Crippen molar-refractivity contribution in [2.45, 2.75) is 32.9 Å². The highest BCUT2D eigenvalue weighted by molar-refractivity contribution is 9.09. The van der Waals surface area contributed by atoms with Crippen molar-refractivity contribution in [2.24, 2.45) is 7.05 Å². The van der Waals surface area contributed by atoms with Gasteiger partial charge in [0.05, 0.1) is 5.69 Å². The zero-order valence-electron chi connectivity index (χ0n) is 10.5. The molecule has 0 fully saturated rings. The fourth-order valence-corrected chi connectivity index (χ4v) is 2.07.